The molecule has 3 N–H and O–H groups in total. The Morgan fingerprint density at radius 3 is 2.28 bits per heavy atom. The zero-order chi connectivity index (χ0) is 22.7. The molecule has 166 valence electrons. The van der Waals surface area contributed by atoms with Gasteiger partial charge in [0.15, 0.2) is 0 Å². The Labute approximate surface area is 186 Å². The van der Waals surface area contributed by atoms with Crippen LogP contribution in [0, 0.1) is 17.6 Å². The first-order valence-electron chi connectivity index (χ1n) is 10.7. The number of aldehydes is 1. The molecular formula is C26H26F2N2O2. The van der Waals surface area contributed by atoms with Crippen LogP contribution in [0.1, 0.15) is 41.7 Å². The number of carbonyl (C=O) groups is 1. The van der Waals surface area contributed by atoms with Gasteiger partial charge in [-0.3, -0.25) is 0 Å². The van der Waals surface area contributed by atoms with Crippen LogP contribution < -0.4 is 10.6 Å². The van der Waals surface area contributed by atoms with Gasteiger partial charge in [0.05, 0.1) is 18.2 Å². The van der Waals surface area contributed by atoms with Gasteiger partial charge in [0.2, 0.25) is 0 Å². The summed E-state index contributed by atoms with van der Waals surface area (Å²) in [6, 6.07) is 19.4. The maximum atomic E-state index is 13.5. The number of aliphatic hydroxyl groups excluding tert-OH is 1. The minimum Gasteiger partial charge on any atom is -0.388 e. The van der Waals surface area contributed by atoms with E-state index in [0.29, 0.717) is 24.9 Å². The fourth-order valence-corrected chi connectivity index (χ4v) is 4.64. The van der Waals surface area contributed by atoms with E-state index in [0.717, 1.165) is 23.1 Å². The summed E-state index contributed by atoms with van der Waals surface area (Å²) in [6.07, 6.45) is 1.20. The Morgan fingerprint density at radius 1 is 1.00 bits per heavy atom. The topological polar surface area (TPSA) is 66.6 Å². The maximum Gasteiger partial charge on any atom is 0.142 e. The molecule has 4 atom stereocenters. The van der Waals surface area contributed by atoms with Crippen LogP contribution in [0.15, 0.2) is 72.8 Å². The van der Waals surface area contributed by atoms with Gasteiger partial charge in [-0.25, -0.2) is 8.78 Å². The predicted molar refractivity (Wildman–Crippen MR) is 120 cm³/mol. The van der Waals surface area contributed by atoms with Crippen LogP contribution in [-0.2, 0) is 11.3 Å². The summed E-state index contributed by atoms with van der Waals surface area (Å²) < 4.78 is 26.7. The number of hydrogen-bond acceptors (Lipinski definition) is 4. The van der Waals surface area contributed by atoms with E-state index in [2.05, 4.69) is 0 Å². The number of carbonyl (C=O) groups excluding carboxylic acids is 1. The number of halogens is 2. The van der Waals surface area contributed by atoms with E-state index >= 15 is 0 Å². The average molecular weight is 437 g/mol. The fraction of sp³-hybridized carbons (Fsp3) is 0.269. The molecule has 32 heavy (non-hydrogen) atoms. The molecule has 4 rings (SSSR count). The zero-order valence-corrected chi connectivity index (χ0v) is 17.6. The number of nitrogens with zero attached hydrogens (tertiary/aromatic N) is 1. The lowest BCUT2D eigenvalue weighted by atomic mass is 9.73. The molecule has 1 aliphatic rings. The lowest BCUT2D eigenvalue weighted by molar-refractivity contribution is -0.112. The summed E-state index contributed by atoms with van der Waals surface area (Å²) in [5.74, 6) is -0.728. The molecule has 1 fully saturated rings. The smallest absolute Gasteiger partial charge is 0.142 e. The molecule has 3 aromatic carbocycles. The molecule has 0 aliphatic carbocycles. The molecule has 1 saturated heterocycles. The molecule has 1 aliphatic heterocycles. The first kappa shape index (κ1) is 22.1. The number of rotatable bonds is 8. The molecule has 4 nitrogen and oxygen atoms in total. The first-order chi connectivity index (χ1) is 15.5. The van der Waals surface area contributed by atoms with Crippen molar-refractivity contribution in [1.29, 1.82) is 0 Å². The number of nitrogens with two attached hydrogens (primary N) is 1. The number of aliphatic hydroxyl groups is 1. The number of anilines is 1. The Kier molecular flexibility index (Phi) is 6.63. The minimum atomic E-state index is -0.751. The van der Waals surface area contributed by atoms with E-state index in [9.17, 15) is 18.7 Å². The van der Waals surface area contributed by atoms with Gasteiger partial charge in [-0.15, -0.1) is 0 Å². The second-order valence-corrected chi connectivity index (χ2v) is 8.21. The third kappa shape index (κ3) is 4.42. The van der Waals surface area contributed by atoms with Crippen LogP contribution in [0.5, 0.6) is 0 Å². The van der Waals surface area contributed by atoms with Gasteiger partial charge in [0.1, 0.15) is 17.9 Å². The number of benzene rings is 3. The van der Waals surface area contributed by atoms with Crippen molar-refractivity contribution in [2.45, 2.75) is 37.6 Å². The van der Waals surface area contributed by atoms with Gasteiger partial charge < -0.3 is 20.5 Å². The Balaban J connectivity index is 1.60. The van der Waals surface area contributed by atoms with Crippen molar-refractivity contribution in [2.24, 2.45) is 11.7 Å². The average Bonchev–Trinajstić information content (AvgIpc) is 2.80. The zero-order valence-electron chi connectivity index (χ0n) is 17.6. The molecule has 4 unspecified atom stereocenters. The quantitative estimate of drug-likeness (QED) is 0.503. The van der Waals surface area contributed by atoms with Crippen molar-refractivity contribution in [2.75, 3.05) is 4.90 Å². The Morgan fingerprint density at radius 2 is 1.66 bits per heavy atom. The number of hydrogen-bond donors (Lipinski definition) is 2. The van der Waals surface area contributed by atoms with Crippen LogP contribution in [0.2, 0.25) is 0 Å². The molecule has 0 spiro atoms. The summed E-state index contributed by atoms with van der Waals surface area (Å²) >= 11 is 0. The lowest BCUT2D eigenvalue weighted by Gasteiger charge is -2.55. The fourth-order valence-electron chi connectivity index (χ4n) is 4.64. The molecule has 3 aromatic rings. The van der Waals surface area contributed by atoms with E-state index in [-0.39, 0.29) is 23.6 Å². The van der Waals surface area contributed by atoms with E-state index < -0.39 is 12.1 Å². The molecule has 0 amide bonds. The summed E-state index contributed by atoms with van der Waals surface area (Å²) in [7, 11) is 0. The summed E-state index contributed by atoms with van der Waals surface area (Å²) in [5.41, 5.74) is 9.25. The van der Waals surface area contributed by atoms with Crippen molar-refractivity contribution < 1.29 is 18.7 Å². The van der Waals surface area contributed by atoms with Gasteiger partial charge in [0, 0.05) is 18.2 Å². The van der Waals surface area contributed by atoms with E-state index in [1.165, 1.54) is 24.3 Å². The van der Waals surface area contributed by atoms with E-state index in [1.54, 1.807) is 24.3 Å². The van der Waals surface area contributed by atoms with Crippen LogP contribution >= 0.6 is 0 Å². The predicted octanol–water partition coefficient (Wildman–Crippen LogP) is 4.68. The normalized spacial score (nSPS) is 21.1. The van der Waals surface area contributed by atoms with Crippen molar-refractivity contribution in [3.63, 3.8) is 0 Å². The van der Waals surface area contributed by atoms with Gasteiger partial charge >= 0.3 is 0 Å². The second kappa shape index (κ2) is 9.59. The van der Waals surface area contributed by atoms with Gasteiger partial charge in [-0.2, -0.15) is 0 Å². The summed E-state index contributed by atoms with van der Waals surface area (Å²) in [6.45, 7) is 0.405. The largest absolute Gasteiger partial charge is 0.388 e. The molecule has 0 aromatic heterocycles. The van der Waals surface area contributed by atoms with E-state index in [1.807, 2.05) is 29.2 Å². The molecule has 0 saturated carbocycles. The van der Waals surface area contributed by atoms with Crippen molar-refractivity contribution >= 4 is 12.0 Å². The lowest BCUT2D eigenvalue weighted by Crippen LogP contribution is -2.59. The first-order valence-corrected chi connectivity index (χ1v) is 10.7. The third-order valence-electron chi connectivity index (χ3n) is 6.29. The molecular weight excluding hydrogens is 410 g/mol. The Hall–Kier alpha value is -3.09. The van der Waals surface area contributed by atoms with Gasteiger partial charge in [-0.1, -0.05) is 36.4 Å². The van der Waals surface area contributed by atoms with Crippen LogP contribution in [0.25, 0.3) is 0 Å². The summed E-state index contributed by atoms with van der Waals surface area (Å²) in [5, 5.41) is 10.6. The van der Waals surface area contributed by atoms with Crippen molar-refractivity contribution in [3.05, 3.63) is 101 Å². The van der Waals surface area contributed by atoms with Crippen LogP contribution in [0.3, 0.4) is 0 Å². The monoisotopic (exact) mass is 436 g/mol. The minimum absolute atomic E-state index is 0.0410. The highest BCUT2D eigenvalue weighted by atomic mass is 19.1. The molecule has 0 radical (unpaired) electrons. The van der Waals surface area contributed by atoms with Crippen molar-refractivity contribution in [3.8, 4) is 0 Å². The SMILES string of the molecule is NCc1cccc(C2C(CCC(O)c3ccc(F)cc3)C(C=O)N2c2ccc(F)cc2)c1. The standard InChI is InChI=1S/C26H26F2N2O2/c27-20-6-4-18(5-7-20)25(32)13-12-23-24(16-31)30(22-10-8-21(28)9-11-22)26(23)19-3-1-2-17(14-19)15-29/h1-11,14,16,23-26,32H,12-13,15,29H2. The highest BCUT2D eigenvalue weighted by Crippen LogP contribution is 2.49. The second-order valence-electron chi connectivity index (χ2n) is 8.21. The van der Waals surface area contributed by atoms with Gasteiger partial charge in [0.25, 0.3) is 0 Å². The van der Waals surface area contributed by atoms with Gasteiger partial charge in [-0.05, 0) is 65.9 Å². The van der Waals surface area contributed by atoms with Crippen LogP contribution in [-0.4, -0.2) is 17.4 Å². The Bertz CT molecular complexity index is 1060. The van der Waals surface area contributed by atoms with Crippen LogP contribution in [0.4, 0.5) is 14.5 Å². The summed E-state index contributed by atoms with van der Waals surface area (Å²) in [4.78, 5) is 14.1. The highest BCUT2D eigenvalue weighted by Gasteiger charge is 2.48. The van der Waals surface area contributed by atoms with E-state index in [4.69, 9.17) is 5.73 Å². The molecule has 0 bridgehead atoms. The van der Waals surface area contributed by atoms with Crippen molar-refractivity contribution in [1.82, 2.24) is 0 Å². The molecule has 6 heteroatoms. The third-order valence-corrected chi connectivity index (χ3v) is 6.29. The molecule has 1 heterocycles. The highest BCUT2D eigenvalue weighted by molar-refractivity contribution is 5.72. The maximum absolute atomic E-state index is 13.5.